The first-order valence-corrected chi connectivity index (χ1v) is 10.6. The van der Waals surface area contributed by atoms with Crippen molar-refractivity contribution in [3.63, 3.8) is 0 Å². The van der Waals surface area contributed by atoms with Gasteiger partial charge in [-0.05, 0) is 31.6 Å². The summed E-state index contributed by atoms with van der Waals surface area (Å²) in [6, 6.07) is 0. The molecule has 1 fully saturated rings. The van der Waals surface area contributed by atoms with Crippen LogP contribution in [-0.2, 0) is 14.4 Å². The number of Topliss-reactive ketones (excluding diaryl/α,β-unsaturated/α-hetero) is 2. The smallest absolute Gasteiger partial charge is 0.303 e. The van der Waals surface area contributed by atoms with Gasteiger partial charge in [0.15, 0.2) is 0 Å². The largest absolute Gasteiger partial charge is 0.481 e. The second-order valence-electron chi connectivity index (χ2n) is 8.80. The Morgan fingerprint density at radius 3 is 2.33 bits per heavy atom. The molecule has 156 valence electrons. The minimum atomic E-state index is -0.768. The summed E-state index contributed by atoms with van der Waals surface area (Å²) < 4.78 is 0. The second kappa shape index (κ2) is 11.6. The first-order chi connectivity index (χ1) is 12.7. The Morgan fingerprint density at radius 1 is 1.04 bits per heavy atom. The van der Waals surface area contributed by atoms with E-state index in [2.05, 4.69) is 6.92 Å². The fraction of sp³-hybridized carbons (Fsp3) is 0.864. The van der Waals surface area contributed by atoms with E-state index in [1.54, 1.807) is 0 Å². The van der Waals surface area contributed by atoms with Gasteiger partial charge in [-0.3, -0.25) is 14.4 Å². The summed E-state index contributed by atoms with van der Waals surface area (Å²) in [5, 5.41) is 18.9. The molecule has 0 aromatic heterocycles. The summed E-state index contributed by atoms with van der Waals surface area (Å²) in [4.78, 5) is 35.4. The van der Waals surface area contributed by atoms with E-state index in [1.165, 1.54) is 0 Å². The van der Waals surface area contributed by atoms with Crippen LogP contribution < -0.4 is 0 Å². The van der Waals surface area contributed by atoms with Crippen molar-refractivity contribution in [2.75, 3.05) is 0 Å². The maximum Gasteiger partial charge on any atom is 0.303 e. The van der Waals surface area contributed by atoms with E-state index < -0.39 is 12.1 Å². The maximum atomic E-state index is 12.6. The molecule has 0 aromatic carbocycles. The lowest BCUT2D eigenvalue weighted by atomic mass is 9.78. The van der Waals surface area contributed by atoms with Crippen LogP contribution in [0.2, 0.25) is 0 Å². The normalized spacial score (nSPS) is 23.0. The summed E-state index contributed by atoms with van der Waals surface area (Å²) >= 11 is 0. The Balaban J connectivity index is 2.45. The van der Waals surface area contributed by atoms with Crippen molar-refractivity contribution in [3.8, 4) is 0 Å². The molecular weight excluding hydrogens is 344 g/mol. The van der Waals surface area contributed by atoms with Gasteiger partial charge in [-0.15, -0.1) is 0 Å². The van der Waals surface area contributed by atoms with E-state index >= 15 is 0 Å². The molecule has 0 spiro atoms. The molecule has 2 N–H and O–H groups in total. The molecule has 5 heteroatoms. The fourth-order valence-corrected chi connectivity index (χ4v) is 4.17. The van der Waals surface area contributed by atoms with Gasteiger partial charge in [0.2, 0.25) is 0 Å². The molecule has 0 radical (unpaired) electrons. The highest BCUT2D eigenvalue weighted by molar-refractivity contribution is 5.85. The van der Waals surface area contributed by atoms with Gasteiger partial charge in [0.05, 0.1) is 6.10 Å². The number of hydrogen-bond acceptors (Lipinski definition) is 4. The average Bonchev–Trinajstić information content (AvgIpc) is 2.86. The number of unbranched alkanes of at least 4 members (excludes halogenated alkanes) is 4. The highest BCUT2D eigenvalue weighted by Gasteiger charge is 2.41. The highest BCUT2D eigenvalue weighted by Crippen LogP contribution is 2.37. The standard InChI is InChI=1S/C22H38O5/c1-4-5-14-22(2,3)20(25)13-12-17-16(18(23)15-19(17)24)10-8-6-7-9-11-21(26)27/h16-17,19,24H,4-15H2,1-3H3,(H,26,27)/t16?,17-,19-/m1/s1. The van der Waals surface area contributed by atoms with Crippen molar-refractivity contribution < 1.29 is 24.6 Å². The Kier molecular flexibility index (Phi) is 10.2. The number of aliphatic carboxylic acids is 1. The van der Waals surface area contributed by atoms with Gasteiger partial charge in [-0.1, -0.05) is 52.9 Å². The summed E-state index contributed by atoms with van der Waals surface area (Å²) in [7, 11) is 0. The van der Waals surface area contributed by atoms with Gasteiger partial charge in [0, 0.05) is 30.6 Å². The molecule has 1 aliphatic rings. The van der Waals surface area contributed by atoms with Crippen molar-refractivity contribution in [1.82, 2.24) is 0 Å². The predicted octanol–water partition coefficient (Wildman–Crippen LogP) is 4.54. The lowest BCUT2D eigenvalue weighted by Crippen LogP contribution is -2.27. The van der Waals surface area contributed by atoms with Crippen LogP contribution in [0.25, 0.3) is 0 Å². The third kappa shape index (κ3) is 8.12. The summed E-state index contributed by atoms with van der Waals surface area (Å²) in [5.41, 5.74) is -0.330. The number of rotatable bonds is 14. The molecule has 27 heavy (non-hydrogen) atoms. The van der Waals surface area contributed by atoms with Gasteiger partial charge < -0.3 is 10.2 Å². The number of carboxylic acids is 1. The van der Waals surface area contributed by atoms with E-state index in [1.807, 2.05) is 13.8 Å². The molecule has 5 nitrogen and oxygen atoms in total. The zero-order valence-corrected chi connectivity index (χ0v) is 17.3. The zero-order chi connectivity index (χ0) is 20.4. The van der Waals surface area contributed by atoms with Crippen LogP contribution in [0.1, 0.15) is 97.8 Å². The van der Waals surface area contributed by atoms with Crippen molar-refractivity contribution in [3.05, 3.63) is 0 Å². The van der Waals surface area contributed by atoms with Crippen LogP contribution in [0.3, 0.4) is 0 Å². The summed E-state index contributed by atoms with van der Waals surface area (Å²) in [6.07, 6.45) is 7.82. The molecular formula is C22H38O5. The third-order valence-electron chi connectivity index (χ3n) is 6.11. The van der Waals surface area contributed by atoms with Crippen molar-refractivity contribution in [2.45, 2.75) is 104 Å². The lowest BCUT2D eigenvalue weighted by molar-refractivity contribution is -0.137. The Hall–Kier alpha value is -1.23. The molecule has 3 atom stereocenters. The topological polar surface area (TPSA) is 91.7 Å². The molecule has 1 rings (SSSR count). The lowest BCUT2D eigenvalue weighted by Gasteiger charge is -2.25. The van der Waals surface area contributed by atoms with E-state index in [4.69, 9.17) is 5.11 Å². The number of aliphatic hydroxyl groups is 1. The van der Waals surface area contributed by atoms with Crippen molar-refractivity contribution >= 4 is 17.5 Å². The van der Waals surface area contributed by atoms with Gasteiger partial charge in [-0.25, -0.2) is 0 Å². The number of carbonyl (C=O) groups is 3. The van der Waals surface area contributed by atoms with Crippen LogP contribution in [0, 0.1) is 17.3 Å². The molecule has 0 bridgehead atoms. The molecule has 1 saturated carbocycles. The van der Waals surface area contributed by atoms with Crippen LogP contribution in [0.15, 0.2) is 0 Å². The Labute approximate surface area is 163 Å². The highest BCUT2D eigenvalue weighted by atomic mass is 16.4. The number of hydrogen-bond donors (Lipinski definition) is 2. The van der Waals surface area contributed by atoms with Crippen LogP contribution in [0.4, 0.5) is 0 Å². The fourth-order valence-electron chi connectivity index (χ4n) is 4.17. The molecule has 0 aromatic rings. The SMILES string of the molecule is CCCCC(C)(C)C(=O)CC[C@@H]1C(CCCCCCC(=O)O)C(=O)C[C@H]1O. The maximum absolute atomic E-state index is 12.6. The minimum Gasteiger partial charge on any atom is -0.481 e. The number of carboxylic acid groups (broad SMARTS) is 1. The molecule has 0 aliphatic heterocycles. The van der Waals surface area contributed by atoms with Crippen molar-refractivity contribution in [2.24, 2.45) is 17.3 Å². The molecule has 1 aliphatic carbocycles. The monoisotopic (exact) mass is 382 g/mol. The molecule has 0 heterocycles. The van der Waals surface area contributed by atoms with Crippen molar-refractivity contribution in [1.29, 1.82) is 0 Å². The van der Waals surface area contributed by atoms with E-state index in [9.17, 15) is 19.5 Å². The average molecular weight is 383 g/mol. The first-order valence-electron chi connectivity index (χ1n) is 10.6. The Bertz CT molecular complexity index is 497. The van der Waals surface area contributed by atoms with Gasteiger partial charge in [0.25, 0.3) is 0 Å². The van der Waals surface area contributed by atoms with Gasteiger partial charge >= 0.3 is 5.97 Å². The van der Waals surface area contributed by atoms with Gasteiger partial charge in [0.1, 0.15) is 11.6 Å². The van der Waals surface area contributed by atoms with Crippen LogP contribution in [0.5, 0.6) is 0 Å². The third-order valence-corrected chi connectivity index (χ3v) is 6.11. The van der Waals surface area contributed by atoms with Crippen LogP contribution in [-0.4, -0.2) is 33.9 Å². The first kappa shape index (κ1) is 23.8. The number of carbonyl (C=O) groups excluding carboxylic acids is 2. The molecule has 0 amide bonds. The number of aliphatic hydroxyl groups excluding tert-OH is 1. The van der Waals surface area contributed by atoms with E-state index in [0.29, 0.717) is 19.3 Å². The van der Waals surface area contributed by atoms with Gasteiger partial charge in [-0.2, -0.15) is 0 Å². The van der Waals surface area contributed by atoms with E-state index in [-0.39, 0.29) is 41.7 Å². The van der Waals surface area contributed by atoms with E-state index in [0.717, 1.165) is 44.9 Å². The second-order valence-corrected chi connectivity index (χ2v) is 8.80. The minimum absolute atomic E-state index is 0.109. The van der Waals surface area contributed by atoms with Crippen LogP contribution >= 0.6 is 0 Å². The molecule has 0 saturated heterocycles. The predicted molar refractivity (Wildman–Crippen MR) is 105 cm³/mol. The molecule has 1 unspecified atom stereocenters. The quantitative estimate of drug-likeness (QED) is 0.430. The number of ketones is 2. The summed E-state index contributed by atoms with van der Waals surface area (Å²) in [5.74, 6) is -0.671. The zero-order valence-electron chi connectivity index (χ0n) is 17.3. The Morgan fingerprint density at radius 2 is 1.70 bits per heavy atom. The summed E-state index contributed by atoms with van der Waals surface area (Å²) in [6.45, 7) is 6.11.